The van der Waals surface area contributed by atoms with E-state index < -0.39 is 0 Å². The summed E-state index contributed by atoms with van der Waals surface area (Å²) in [5.41, 5.74) is 1.38. The zero-order chi connectivity index (χ0) is 14.9. The van der Waals surface area contributed by atoms with E-state index in [9.17, 15) is 0 Å². The van der Waals surface area contributed by atoms with Crippen LogP contribution in [0.25, 0.3) is 0 Å². The molecule has 114 valence electrons. The van der Waals surface area contributed by atoms with Gasteiger partial charge in [0.2, 0.25) is 0 Å². The van der Waals surface area contributed by atoms with Gasteiger partial charge < -0.3 is 10.2 Å². The van der Waals surface area contributed by atoms with E-state index in [2.05, 4.69) is 59.5 Å². The predicted molar refractivity (Wildman–Crippen MR) is 90.6 cm³/mol. The predicted octanol–water partition coefficient (Wildman–Crippen LogP) is 3.32. The van der Waals surface area contributed by atoms with Gasteiger partial charge in [-0.05, 0) is 38.5 Å². The Labute approximate surface area is 132 Å². The molecule has 2 rings (SSSR count). The number of nitrogens with one attached hydrogen (secondary N) is 1. The molecule has 0 aliphatic carbocycles. The highest BCUT2D eigenvalue weighted by Gasteiger charge is 2.01. The van der Waals surface area contributed by atoms with Crippen LogP contribution in [-0.4, -0.2) is 30.0 Å². The van der Waals surface area contributed by atoms with Gasteiger partial charge >= 0.3 is 0 Å². The summed E-state index contributed by atoms with van der Waals surface area (Å²) < 4.78 is 0. The van der Waals surface area contributed by atoms with Crippen LogP contribution in [0, 0.1) is 0 Å². The lowest BCUT2D eigenvalue weighted by Crippen LogP contribution is -2.23. The Balaban J connectivity index is 1.57. The van der Waals surface area contributed by atoms with Crippen molar-refractivity contribution < 1.29 is 0 Å². The summed E-state index contributed by atoms with van der Waals surface area (Å²) in [5.74, 6) is 0. The third-order valence-corrected chi connectivity index (χ3v) is 4.53. The standard InChI is InChI=1S/C17H25N3S/c1-3-17-19-13-16(21-17)12-18-10-7-11-20(2)14-15-8-5-4-6-9-15/h4-6,8-9,13,18H,3,7,10-12,14H2,1-2H3. The molecule has 0 amide bonds. The number of aryl methyl sites for hydroxylation is 1. The lowest BCUT2D eigenvalue weighted by Gasteiger charge is -2.16. The van der Waals surface area contributed by atoms with Crippen LogP contribution in [0.5, 0.6) is 0 Å². The van der Waals surface area contributed by atoms with Gasteiger partial charge in [0.25, 0.3) is 0 Å². The van der Waals surface area contributed by atoms with Gasteiger partial charge in [-0.15, -0.1) is 11.3 Å². The Kier molecular flexibility index (Phi) is 6.86. The van der Waals surface area contributed by atoms with Crippen molar-refractivity contribution in [2.24, 2.45) is 0 Å². The van der Waals surface area contributed by atoms with Gasteiger partial charge in [-0.1, -0.05) is 37.3 Å². The highest BCUT2D eigenvalue weighted by atomic mass is 32.1. The van der Waals surface area contributed by atoms with Crippen molar-refractivity contribution >= 4 is 11.3 Å². The fourth-order valence-corrected chi connectivity index (χ4v) is 3.08. The van der Waals surface area contributed by atoms with Crippen LogP contribution in [0.15, 0.2) is 36.5 Å². The third kappa shape index (κ3) is 5.96. The highest BCUT2D eigenvalue weighted by molar-refractivity contribution is 7.11. The summed E-state index contributed by atoms with van der Waals surface area (Å²) in [5, 5.41) is 4.73. The van der Waals surface area contributed by atoms with Crippen molar-refractivity contribution in [2.45, 2.75) is 32.9 Å². The van der Waals surface area contributed by atoms with Gasteiger partial charge in [0, 0.05) is 24.2 Å². The molecule has 0 aliphatic heterocycles. The summed E-state index contributed by atoms with van der Waals surface area (Å²) >= 11 is 1.81. The van der Waals surface area contributed by atoms with E-state index in [0.29, 0.717) is 0 Å². The molecule has 1 aromatic heterocycles. The van der Waals surface area contributed by atoms with Crippen LogP contribution in [0.2, 0.25) is 0 Å². The van der Waals surface area contributed by atoms with Crippen LogP contribution in [0.1, 0.15) is 28.8 Å². The van der Waals surface area contributed by atoms with Gasteiger partial charge in [0.15, 0.2) is 0 Å². The molecular formula is C17H25N3S. The molecule has 1 heterocycles. The fourth-order valence-electron chi connectivity index (χ4n) is 2.25. The number of hydrogen-bond donors (Lipinski definition) is 1. The Hall–Kier alpha value is -1.23. The van der Waals surface area contributed by atoms with E-state index in [1.807, 2.05) is 17.5 Å². The van der Waals surface area contributed by atoms with Gasteiger partial charge in [-0.3, -0.25) is 0 Å². The Bertz CT molecular complexity index is 510. The van der Waals surface area contributed by atoms with Crippen molar-refractivity contribution in [1.29, 1.82) is 0 Å². The van der Waals surface area contributed by atoms with E-state index in [-0.39, 0.29) is 0 Å². The van der Waals surface area contributed by atoms with Crippen LogP contribution in [0.3, 0.4) is 0 Å². The minimum absolute atomic E-state index is 0.945. The largest absolute Gasteiger partial charge is 0.312 e. The highest BCUT2D eigenvalue weighted by Crippen LogP contribution is 2.12. The Morgan fingerprint density at radius 1 is 1.24 bits per heavy atom. The van der Waals surface area contributed by atoms with Crippen LogP contribution in [-0.2, 0) is 19.5 Å². The molecule has 0 saturated carbocycles. The van der Waals surface area contributed by atoms with Crippen molar-refractivity contribution in [3.8, 4) is 0 Å². The number of hydrogen-bond acceptors (Lipinski definition) is 4. The molecule has 2 aromatic rings. The zero-order valence-electron chi connectivity index (χ0n) is 13.0. The van der Waals surface area contributed by atoms with Gasteiger partial charge in [0.1, 0.15) is 0 Å². The van der Waals surface area contributed by atoms with Gasteiger partial charge in [-0.2, -0.15) is 0 Å². The molecule has 3 nitrogen and oxygen atoms in total. The van der Waals surface area contributed by atoms with E-state index >= 15 is 0 Å². The second kappa shape index (κ2) is 8.93. The average Bonchev–Trinajstić information content (AvgIpc) is 2.96. The number of thiazole rings is 1. The average molecular weight is 303 g/mol. The molecule has 4 heteroatoms. The number of benzene rings is 1. The minimum Gasteiger partial charge on any atom is -0.312 e. The first-order chi connectivity index (χ1) is 10.3. The van der Waals surface area contributed by atoms with Crippen molar-refractivity contribution in [1.82, 2.24) is 15.2 Å². The molecule has 0 saturated heterocycles. The molecule has 1 N–H and O–H groups in total. The molecule has 1 aromatic carbocycles. The van der Waals surface area contributed by atoms with Gasteiger partial charge in [0.05, 0.1) is 5.01 Å². The summed E-state index contributed by atoms with van der Waals surface area (Å²) in [6.45, 7) is 6.29. The molecule has 0 spiro atoms. The van der Waals surface area contributed by atoms with E-state index in [0.717, 1.165) is 32.6 Å². The van der Waals surface area contributed by atoms with E-state index in [4.69, 9.17) is 0 Å². The first-order valence-electron chi connectivity index (χ1n) is 7.64. The summed E-state index contributed by atoms with van der Waals surface area (Å²) in [7, 11) is 2.18. The Morgan fingerprint density at radius 2 is 2.05 bits per heavy atom. The second-order valence-corrected chi connectivity index (χ2v) is 6.53. The smallest absolute Gasteiger partial charge is 0.0925 e. The molecule has 0 atom stereocenters. The monoisotopic (exact) mass is 303 g/mol. The lowest BCUT2D eigenvalue weighted by atomic mass is 10.2. The van der Waals surface area contributed by atoms with Crippen LogP contribution < -0.4 is 5.32 Å². The summed E-state index contributed by atoms with van der Waals surface area (Å²) in [6, 6.07) is 10.6. The quantitative estimate of drug-likeness (QED) is 0.720. The summed E-state index contributed by atoms with van der Waals surface area (Å²) in [4.78, 5) is 8.09. The van der Waals surface area contributed by atoms with Crippen LogP contribution >= 0.6 is 11.3 Å². The van der Waals surface area contributed by atoms with E-state index in [1.165, 1.54) is 21.9 Å². The van der Waals surface area contributed by atoms with Crippen molar-refractivity contribution in [3.05, 3.63) is 52.0 Å². The zero-order valence-corrected chi connectivity index (χ0v) is 13.8. The Morgan fingerprint density at radius 3 is 2.76 bits per heavy atom. The molecule has 0 bridgehead atoms. The van der Waals surface area contributed by atoms with Crippen molar-refractivity contribution in [3.63, 3.8) is 0 Å². The first kappa shape index (κ1) is 16.1. The molecule has 0 fully saturated rings. The maximum absolute atomic E-state index is 4.38. The van der Waals surface area contributed by atoms with E-state index in [1.54, 1.807) is 0 Å². The van der Waals surface area contributed by atoms with Crippen LogP contribution in [0.4, 0.5) is 0 Å². The SMILES string of the molecule is CCc1ncc(CNCCCN(C)Cc2ccccc2)s1. The number of rotatable bonds is 9. The minimum atomic E-state index is 0.945. The summed E-state index contributed by atoms with van der Waals surface area (Å²) in [6.07, 6.45) is 4.20. The first-order valence-corrected chi connectivity index (χ1v) is 8.46. The lowest BCUT2D eigenvalue weighted by molar-refractivity contribution is 0.319. The molecule has 0 aliphatic rings. The number of aromatic nitrogens is 1. The van der Waals surface area contributed by atoms with Gasteiger partial charge in [-0.25, -0.2) is 4.98 Å². The maximum atomic E-state index is 4.38. The molecule has 21 heavy (non-hydrogen) atoms. The normalized spacial score (nSPS) is 11.2. The molecule has 0 radical (unpaired) electrons. The molecule has 0 unspecified atom stereocenters. The maximum Gasteiger partial charge on any atom is 0.0925 e. The number of nitrogens with zero attached hydrogens (tertiary/aromatic N) is 2. The second-order valence-electron chi connectivity index (χ2n) is 5.33. The third-order valence-electron chi connectivity index (χ3n) is 3.39. The topological polar surface area (TPSA) is 28.2 Å². The fraction of sp³-hybridized carbons (Fsp3) is 0.471. The molecular weight excluding hydrogens is 278 g/mol. The van der Waals surface area contributed by atoms with Crippen molar-refractivity contribution in [2.75, 3.05) is 20.1 Å².